The molecule has 0 amide bonds. The molecule has 1 heterocycles. The number of benzene rings is 1. The van der Waals surface area contributed by atoms with E-state index in [0.29, 0.717) is 10.8 Å². The second-order valence-corrected chi connectivity index (χ2v) is 6.32. The van der Waals surface area contributed by atoms with E-state index in [1.165, 1.54) is 17.4 Å². The van der Waals surface area contributed by atoms with Crippen molar-refractivity contribution < 1.29 is 13.2 Å². The van der Waals surface area contributed by atoms with Gasteiger partial charge in [0.2, 0.25) is 0 Å². The van der Waals surface area contributed by atoms with Crippen LogP contribution in [0.5, 0.6) is 0 Å². The zero-order valence-electron chi connectivity index (χ0n) is 12.2. The topological polar surface area (TPSA) is 12.0 Å². The zero-order chi connectivity index (χ0) is 15.6. The van der Waals surface area contributed by atoms with E-state index >= 15 is 0 Å². The summed E-state index contributed by atoms with van der Waals surface area (Å²) in [7, 11) is 0. The van der Waals surface area contributed by atoms with Crippen LogP contribution in [0.15, 0.2) is 24.3 Å². The lowest BCUT2D eigenvalue weighted by Gasteiger charge is -2.20. The van der Waals surface area contributed by atoms with Crippen molar-refractivity contribution in [3.8, 4) is 10.4 Å². The van der Waals surface area contributed by atoms with Crippen LogP contribution in [0, 0.1) is 23.4 Å². The first-order valence-corrected chi connectivity index (χ1v) is 7.74. The Morgan fingerprint density at radius 2 is 1.76 bits per heavy atom. The highest BCUT2D eigenvalue weighted by atomic mass is 32.1. The summed E-state index contributed by atoms with van der Waals surface area (Å²) in [5.41, 5.74) is 0.101. The monoisotopic (exact) mass is 313 g/mol. The Labute approximate surface area is 126 Å². The lowest BCUT2D eigenvalue weighted by atomic mass is 10.0. The molecule has 5 heteroatoms. The molecule has 1 aromatic heterocycles. The zero-order valence-corrected chi connectivity index (χ0v) is 13.0. The maximum atomic E-state index is 13.8. The molecule has 0 saturated carbocycles. The predicted molar refractivity (Wildman–Crippen MR) is 80.9 cm³/mol. The molecular formula is C16H18F3NS. The van der Waals surface area contributed by atoms with Gasteiger partial charge in [0, 0.05) is 21.4 Å². The minimum absolute atomic E-state index is 0.101. The van der Waals surface area contributed by atoms with Crippen molar-refractivity contribution in [3.05, 3.63) is 46.6 Å². The minimum atomic E-state index is -1.42. The number of rotatable bonds is 5. The van der Waals surface area contributed by atoms with Crippen LogP contribution >= 0.6 is 11.3 Å². The summed E-state index contributed by atoms with van der Waals surface area (Å²) < 4.78 is 40.2. The average Bonchev–Trinajstić information content (AvgIpc) is 2.91. The summed E-state index contributed by atoms with van der Waals surface area (Å²) in [6.45, 7) is 7.06. The molecule has 0 bridgehead atoms. The Morgan fingerprint density at radius 1 is 1.05 bits per heavy atom. The van der Waals surface area contributed by atoms with E-state index in [2.05, 4.69) is 19.2 Å². The summed E-state index contributed by atoms with van der Waals surface area (Å²) in [5, 5.41) is 3.38. The molecule has 0 fully saturated rings. The van der Waals surface area contributed by atoms with Gasteiger partial charge in [-0.25, -0.2) is 13.2 Å². The van der Waals surface area contributed by atoms with Crippen molar-refractivity contribution >= 4 is 11.3 Å². The first-order valence-electron chi connectivity index (χ1n) is 6.92. The minimum Gasteiger partial charge on any atom is -0.309 e. The third-order valence-electron chi connectivity index (χ3n) is 3.32. The molecular weight excluding hydrogens is 295 g/mol. The number of hydrogen-bond donors (Lipinski definition) is 1. The highest BCUT2D eigenvalue weighted by molar-refractivity contribution is 7.15. The molecule has 0 aliphatic heterocycles. The normalized spacial score (nSPS) is 12.9. The average molecular weight is 313 g/mol. The Balaban J connectivity index is 2.38. The van der Waals surface area contributed by atoms with Crippen LogP contribution < -0.4 is 5.32 Å². The van der Waals surface area contributed by atoms with Gasteiger partial charge in [-0.1, -0.05) is 20.8 Å². The van der Waals surface area contributed by atoms with Gasteiger partial charge in [-0.3, -0.25) is 0 Å². The van der Waals surface area contributed by atoms with Gasteiger partial charge in [0.1, 0.15) is 0 Å². The Bertz CT molecular complexity index is 622. The molecule has 1 atom stereocenters. The molecule has 1 unspecified atom stereocenters. The van der Waals surface area contributed by atoms with Gasteiger partial charge in [-0.05, 0) is 36.7 Å². The summed E-state index contributed by atoms with van der Waals surface area (Å²) in [4.78, 5) is 1.66. The predicted octanol–water partition coefficient (Wildman–Crippen LogP) is 5.14. The molecule has 0 aliphatic carbocycles. The van der Waals surface area contributed by atoms with Gasteiger partial charge < -0.3 is 5.32 Å². The Hall–Kier alpha value is -1.33. The van der Waals surface area contributed by atoms with Crippen molar-refractivity contribution in [2.75, 3.05) is 6.54 Å². The van der Waals surface area contributed by atoms with E-state index in [9.17, 15) is 13.2 Å². The number of thiophene rings is 1. The van der Waals surface area contributed by atoms with Crippen LogP contribution in [-0.4, -0.2) is 6.54 Å². The van der Waals surface area contributed by atoms with Crippen LogP contribution in [0.1, 0.15) is 31.7 Å². The number of hydrogen-bond acceptors (Lipinski definition) is 2. The first kappa shape index (κ1) is 16.0. The quantitative estimate of drug-likeness (QED) is 0.754. The second kappa shape index (κ2) is 6.62. The van der Waals surface area contributed by atoms with Crippen LogP contribution in [0.3, 0.4) is 0 Å². The standard InChI is InChI=1S/C16H18F3NS/c1-4-20-16(9(2)3)13-8-7-12(21-13)10-5-6-11(17)15(19)14(10)18/h5-9,16,20H,4H2,1-3H3. The highest BCUT2D eigenvalue weighted by Crippen LogP contribution is 2.36. The molecule has 2 rings (SSSR count). The lowest BCUT2D eigenvalue weighted by Crippen LogP contribution is -2.24. The van der Waals surface area contributed by atoms with Crippen LogP contribution in [0.2, 0.25) is 0 Å². The maximum Gasteiger partial charge on any atom is 0.195 e. The van der Waals surface area contributed by atoms with Crippen molar-refractivity contribution in [1.82, 2.24) is 5.32 Å². The fourth-order valence-electron chi connectivity index (χ4n) is 2.27. The SMILES string of the molecule is CCNC(c1ccc(-c2ccc(F)c(F)c2F)s1)C(C)C. The molecule has 1 nitrogen and oxygen atoms in total. The summed E-state index contributed by atoms with van der Waals surface area (Å²) in [6, 6.07) is 6.07. The lowest BCUT2D eigenvalue weighted by molar-refractivity contribution is 0.428. The van der Waals surface area contributed by atoms with Crippen LogP contribution in [0.25, 0.3) is 10.4 Å². The Morgan fingerprint density at radius 3 is 2.38 bits per heavy atom. The Kier molecular flexibility index (Phi) is 5.06. The largest absolute Gasteiger partial charge is 0.309 e. The van der Waals surface area contributed by atoms with Gasteiger partial charge in [0.15, 0.2) is 17.5 Å². The van der Waals surface area contributed by atoms with Gasteiger partial charge in [0.25, 0.3) is 0 Å². The third-order valence-corrected chi connectivity index (χ3v) is 4.53. The van der Waals surface area contributed by atoms with Crippen molar-refractivity contribution in [3.63, 3.8) is 0 Å². The maximum absolute atomic E-state index is 13.8. The molecule has 0 saturated heterocycles. The van der Waals surface area contributed by atoms with E-state index in [1.807, 2.05) is 13.0 Å². The molecule has 114 valence electrons. The van der Waals surface area contributed by atoms with E-state index < -0.39 is 17.5 Å². The summed E-state index contributed by atoms with van der Waals surface area (Å²) >= 11 is 1.40. The van der Waals surface area contributed by atoms with Gasteiger partial charge >= 0.3 is 0 Å². The van der Waals surface area contributed by atoms with E-state index in [1.54, 1.807) is 6.07 Å². The molecule has 0 spiro atoms. The van der Waals surface area contributed by atoms with Gasteiger partial charge in [-0.15, -0.1) is 11.3 Å². The van der Waals surface area contributed by atoms with Crippen molar-refractivity contribution in [1.29, 1.82) is 0 Å². The second-order valence-electron chi connectivity index (χ2n) is 5.20. The van der Waals surface area contributed by atoms with E-state index in [0.717, 1.165) is 17.5 Å². The first-order chi connectivity index (χ1) is 9.95. The fourth-order valence-corrected chi connectivity index (χ4v) is 3.54. The fraction of sp³-hybridized carbons (Fsp3) is 0.375. The van der Waals surface area contributed by atoms with Crippen LogP contribution in [-0.2, 0) is 0 Å². The number of nitrogens with one attached hydrogen (secondary N) is 1. The van der Waals surface area contributed by atoms with E-state index in [4.69, 9.17) is 0 Å². The van der Waals surface area contributed by atoms with Gasteiger partial charge in [0.05, 0.1) is 0 Å². The van der Waals surface area contributed by atoms with E-state index in [-0.39, 0.29) is 11.6 Å². The summed E-state index contributed by atoms with van der Waals surface area (Å²) in [6.07, 6.45) is 0. The third kappa shape index (κ3) is 3.30. The van der Waals surface area contributed by atoms with Crippen LogP contribution in [0.4, 0.5) is 13.2 Å². The summed E-state index contributed by atoms with van der Waals surface area (Å²) in [5.74, 6) is -3.34. The number of halogens is 3. The molecule has 0 aliphatic rings. The molecule has 21 heavy (non-hydrogen) atoms. The molecule has 1 N–H and O–H groups in total. The van der Waals surface area contributed by atoms with Gasteiger partial charge in [-0.2, -0.15) is 0 Å². The smallest absolute Gasteiger partial charge is 0.195 e. The molecule has 2 aromatic rings. The highest BCUT2D eigenvalue weighted by Gasteiger charge is 2.20. The van der Waals surface area contributed by atoms with Crippen molar-refractivity contribution in [2.45, 2.75) is 26.8 Å². The van der Waals surface area contributed by atoms with Crippen molar-refractivity contribution in [2.24, 2.45) is 5.92 Å². The molecule has 0 radical (unpaired) electrons. The molecule has 1 aromatic carbocycles.